The summed E-state index contributed by atoms with van der Waals surface area (Å²) < 4.78 is 12.4. The number of hydrogen-bond acceptors (Lipinski definition) is 8. The number of anilines is 1. The first-order valence-electron chi connectivity index (χ1n) is 10.9. The van der Waals surface area contributed by atoms with Crippen molar-refractivity contribution in [2.24, 2.45) is 7.05 Å². The second-order valence-corrected chi connectivity index (χ2v) is 10.5. The molecule has 0 aliphatic rings. The summed E-state index contributed by atoms with van der Waals surface area (Å²) in [5.74, 6) is 0.293. The van der Waals surface area contributed by atoms with E-state index in [0.717, 1.165) is 11.1 Å². The molecule has 1 N–H and O–H groups in total. The molecule has 0 fully saturated rings. The average molecular weight is 578 g/mol. The van der Waals surface area contributed by atoms with E-state index in [-0.39, 0.29) is 18.3 Å². The average Bonchev–Trinajstić information content (AvgIpc) is 3.45. The number of aryl methyl sites for hydroxylation is 1. The number of benzene rings is 2. The minimum Gasteiger partial charge on any atom is -0.484 e. The van der Waals surface area contributed by atoms with Gasteiger partial charge in [0.05, 0.1) is 17.9 Å². The van der Waals surface area contributed by atoms with Crippen LogP contribution in [-0.4, -0.2) is 39.5 Å². The van der Waals surface area contributed by atoms with Gasteiger partial charge < -0.3 is 19.4 Å². The third-order valence-electron chi connectivity index (χ3n) is 5.30. The predicted molar refractivity (Wildman–Crippen MR) is 147 cm³/mol. The van der Waals surface area contributed by atoms with Gasteiger partial charge in [-0.1, -0.05) is 64.8 Å². The van der Waals surface area contributed by atoms with Crippen molar-refractivity contribution in [1.82, 2.24) is 14.8 Å². The Hall–Kier alpha value is -3.05. The normalized spacial score (nSPS) is 10.8. The van der Waals surface area contributed by atoms with Crippen LogP contribution in [0.1, 0.15) is 21.7 Å². The zero-order valence-corrected chi connectivity index (χ0v) is 23.2. The third kappa shape index (κ3) is 6.45. The van der Waals surface area contributed by atoms with E-state index in [1.807, 2.05) is 36.6 Å². The first kappa shape index (κ1) is 27.0. The largest absolute Gasteiger partial charge is 0.484 e. The number of esters is 1. The van der Waals surface area contributed by atoms with Crippen LogP contribution in [0.2, 0.25) is 10.0 Å². The van der Waals surface area contributed by atoms with Crippen molar-refractivity contribution in [3.05, 3.63) is 74.8 Å². The predicted octanol–water partition coefficient (Wildman–Crippen LogP) is 6.26. The van der Waals surface area contributed by atoms with Crippen molar-refractivity contribution >= 4 is 63.2 Å². The molecular formula is C25H22Cl2N4O4S2. The van der Waals surface area contributed by atoms with E-state index < -0.39 is 5.97 Å². The number of ether oxygens (including phenoxy) is 2. The maximum absolute atomic E-state index is 12.7. The fourth-order valence-corrected chi connectivity index (χ4v) is 5.49. The zero-order chi connectivity index (χ0) is 26.5. The van der Waals surface area contributed by atoms with E-state index in [1.165, 1.54) is 30.2 Å². The Kier molecular flexibility index (Phi) is 8.75. The molecule has 0 bridgehead atoms. The molecule has 0 saturated carbocycles. The number of carbonyl (C=O) groups is 2. The number of hydrogen-bond donors (Lipinski definition) is 1. The van der Waals surface area contributed by atoms with Crippen molar-refractivity contribution in [2.75, 3.05) is 18.2 Å². The number of rotatable bonds is 9. The van der Waals surface area contributed by atoms with Crippen LogP contribution < -0.4 is 10.1 Å². The molecule has 2 aromatic heterocycles. The lowest BCUT2D eigenvalue weighted by Gasteiger charge is -2.09. The highest BCUT2D eigenvalue weighted by molar-refractivity contribution is 7.99. The Morgan fingerprint density at radius 2 is 1.89 bits per heavy atom. The Bertz CT molecular complexity index is 1440. The van der Waals surface area contributed by atoms with Crippen LogP contribution in [0.3, 0.4) is 0 Å². The van der Waals surface area contributed by atoms with Gasteiger partial charge in [0.15, 0.2) is 11.0 Å². The highest BCUT2D eigenvalue weighted by Crippen LogP contribution is 2.36. The molecule has 2 heterocycles. The number of amides is 1. The van der Waals surface area contributed by atoms with Crippen LogP contribution in [0.4, 0.5) is 5.00 Å². The summed E-state index contributed by atoms with van der Waals surface area (Å²) in [4.78, 5) is 25.3. The fourth-order valence-electron chi connectivity index (χ4n) is 3.32. The van der Waals surface area contributed by atoms with E-state index >= 15 is 0 Å². The smallest absolute Gasteiger partial charge is 0.341 e. The quantitative estimate of drug-likeness (QED) is 0.186. The van der Waals surface area contributed by atoms with E-state index in [4.69, 9.17) is 32.7 Å². The van der Waals surface area contributed by atoms with Gasteiger partial charge in [0.1, 0.15) is 22.9 Å². The molecule has 0 aliphatic carbocycles. The van der Waals surface area contributed by atoms with E-state index in [9.17, 15) is 9.59 Å². The van der Waals surface area contributed by atoms with Crippen molar-refractivity contribution in [2.45, 2.75) is 18.7 Å². The van der Waals surface area contributed by atoms with Crippen LogP contribution in [0, 0.1) is 6.92 Å². The SMILES string of the molecule is COC(=O)c1c(-c2ccc(C)cc2)csc1NC(=O)CSc1nnc(COc2ccc(Cl)cc2Cl)n1C. The maximum atomic E-state index is 12.7. The van der Waals surface area contributed by atoms with Gasteiger partial charge in [0.25, 0.3) is 0 Å². The van der Waals surface area contributed by atoms with Gasteiger partial charge in [-0.15, -0.1) is 21.5 Å². The topological polar surface area (TPSA) is 95.3 Å². The van der Waals surface area contributed by atoms with Crippen molar-refractivity contribution < 1.29 is 19.1 Å². The molecule has 2 aromatic carbocycles. The molecule has 0 atom stereocenters. The van der Waals surface area contributed by atoms with E-state index in [0.29, 0.717) is 42.9 Å². The molecule has 0 radical (unpaired) electrons. The van der Waals surface area contributed by atoms with Gasteiger partial charge in [-0.25, -0.2) is 4.79 Å². The molecule has 12 heteroatoms. The highest BCUT2D eigenvalue weighted by Gasteiger charge is 2.23. The molecule has 4 rings (SSSR count). The summed E-state index contributed by atoms with van der Waals surface area (Å²) in [6.45, 7) is 2.13. The molecule has 1 amide bonds. The maximum Gasteiger partial charge on any atom is 0.341 e. The Labute approximate surface area is 231 Å². The lowest BCUT2D eigenvalue weighted by Crippen LogP contribution is -2.16. The monoisotopic (exact) mass is 576 g/mol. The van der Waals surface area contributed by atoms with Gasteiger partial charge in [-0.2, -0.15) is 0 Å². The zero-order valence-electron chi connectivity index (χ0n) is 20.1. The number of halogens is 2. The molecule has 0 saturated heterocycles. The summed E-state index contributed by atoms with van der Waals surface area (Å²) in [5, 5.41) is 14.8. The lowest BCUT2D eigenvalue weighted by molar-refractivity contribution is -0.113. The molecular weight excluding hydrogens is 555 g/mol. The van der Waals surface area contributed by atoms with Gasteiger partial charge >= 0.3 is 5.97 Å². The van der Waals surface area contributed by atoms with Crippen molar-refractivity contribution in [1.29, 1.82) is 0 Å². The number of aromatic nitrogens is 3. The van der Waals surface area contributed by atoms with Gasteiger partial charge in [0, 0.05) is 23.0 Å². The van der Waals surface area contributed by atoms with Gasteiger partial charge in [-0.05, 0) is 30.7 Å². The molecule has 192 valence electrons. The van der Waals surface area contributed by atoms with Gasteiger partial charge in [-0.3, -0.25) is 4.79 Å². The number of thioether (sulfide) groups is 1. The number of methoxy groups -OCH3 is 1. The standard InChI is InChI=1S/C25H22Cl2N4O4S2/c1-14-4-6-15(7-5-14)17-12-36-23(22(17)24(33)34-3)28-21(32)13-37-25-30-29-20(31(25)2)11-35-19-9-8-16(26)10-18(19)27/h4-10,12H,11,13H2,1-3H3,(H,28,32). The molecule has 37 heavy (non-hydrogen) atoms. The van der Waals surface area contributed by atoms with Crippen LogP contribution in [-0.2, 0) is 23.2 Å². The van der Waals surface area contributed by atoms with Crippen LogP contribution in [0.5, 0.6) is 5.75 Å². The van der Waals surface area contributed by atoms with Gasteiger partial charge in [0.2, 0.25) is 5.91 Å². The summed E-state index contributed by atoms with van der Waals surface area (Å²) in [7, 11) is 3.10. The van der Waals surface area contributed by atoms with Crippen LogP contribution in [0.15, 0.2) is 53.0 Å². The van der Waals surface area contributed by atoms with E-state index in [2.05, 4.69) is 15.5 Å². The summed E-state index contributed by atoms with van der Waals surface area (Å²) in [5.41, 5.74) is 3.01. The number of nitrogens with one attached hydrogen (secondary N) is 1. The highest BCUT2D eigenvalue weighted by atomic mass is 35.5. The summed E-state index contributed by atoms with van der Waals surface area (Å²) in [6, 6.07) is 12.8. The van der Waals surface area contributed by atoms with Crippen LogP contribution in [0.25, 0.3) is 11.1 Å². The molecule has 0 spiro atoms. The third-order valence-corrected chi connectivity index (χ3v) is 7.75. The Morgan fingerprint density at radius 1 is 1.14 bits per heavy atom. The summed E-state index contributed by atoms with van der Waals surface area (Å²) in [6.07, 6.45) is 0. The first-order chi connectivity index (χ1) is 17.8. The second-order valence-electron chi connectivity index (χ2n) is 7.87. The number of thiophene rings is 1. The molecule has 8 nitrogen and oxygen atoms in total. The van der Waals surface area contributed by atoms with E-state index in [1.54, 1.807) is 29.8 Å². The second kappa shape index (κ2) is 12.0. The van der Waals surface area contributed by atoms with Crippen molar-refractivity contribution in [3.63, 3.8) is 0 Å². The number of carbonyl (C=O) groups excluding carboxylic acids is 2. The molecule has 0 unspecified atom stereocenters. The molecule has 4 aromatic rings. The Balaban J connectivity index is 1.40. The minimum atomic E-state index is -0.515. The molecule has 0 aliphatic heterocycles. The number of nitrogens with zero attached hydrogens (tertiary/aromatic N) is 3. The van der Waals surface area contributed by atoms with Crippen LogP contribution >= 0.6 is 46.3 Å². The lowest BCUT2D eigenvalue weighted by atomic mass is 10.0. The minimum absolute atomic E-state index is 0.0637. The summed E-state index contributed by atoms with van der Waals surface area (Å²) >= 11 is 14.5. The first-order valence-corrected chi connectivity index (χ1v) is 13.5. The fraction of sp³-hybridized carbons (Fsp3) is 0.200. The van der Waals surface area contributed by atoms with Crippen molar-refractivity contribution in [3.8, 4) is 16.9 Å². The Morgan fingerprint density at radius 3 is 2.59 bits per heavy atom.